The fraction of sp³-hybridized carbons (Fsp3) is 0.667. The molecule has 0 heterocycles. The van der Waals surface area contributed by atoms with Crippen LogP contribution < -0.4 is 10.6 Å². The van der Waals surface area contributed by atoms with E-state index in [9.17, 15) is 14.4 Å². The summed E-state index contributed by atoms with van der Waals surface area (Å²) in [6.45, 7) is 15.4. The number of amides is 3. The number of benzene rings is 1. The van der Waals surface area contributed by atoms with Crippen molar-refractivity contribution in [1.29, 1.82) is 0 Å². The van der Waals surface area contributed by atoms with E-state index in [1.54, 1.807) is 25.7 Å². The molecule has 8 heteroatoms. The average molecular weight is 506 g/mol. The lowest BCUT2D eigenvalue weighted by atomic mass is 9.94. The van der Waals surface area contributed by atoms with Crippen LogP contribution in [0.4, 0.5) is 4.79 Å². The normalized spacial score (nSPS) is 19.8. The minimum Gasteiger partial charge on any atom is -0.444 e. The molecular formula is C27H43N3O4S. The first-order valence-corrected chi connectivity index (χ1v) is 13.2. The third-order valence-corrected chi connectivity index (χ3v) is 6.79. The standard InChI is InChI=1S/C27H43N3O4S/c1-9-11-18(4)28-24(31)23(20-13-10-12-16(2)19(20)5)30(22-14-17(22)3)25(32)21(15-35)29-26(33)34-27(6,7)8/h10,12-13,17-18,21-23,35H,9,11,14-15H2,1-8H3,(H,28,31)(H,29,33). The summed E-state index contributed by atoms with van der Waals surface area (Å²) in [6.07, 6.45) is 1.91. The zero-order valence-electron chi connectivity index (χ0n) is 22.5. The zero-order chi connectivity index (χ0) is 26.5. The van der Waals surface area contributed by atoms with Gasteiger partial charge in [-0.25, -0.2) is 4.79 Å². The van der Waals surface area contributed by atoms with Gasteiger partial charge in [0.25, 0.3) is 0 Å². The Balaban J connectivity index is 2.48. The minimum atomic E-state index is -0.922. The van der Waals surface area contributed by atoms with E-state index < -0.39 is 23.8 Å². The smallest absolute Gasteiger partial charge is 0.408 e. The van der Waals surface area contributed by atoms with Gasteiger partial charge in [-0.05, 0) is 77.0 Å². The van der Waals surface area contributed by atoms with Crippen molar-refractivity contribution in [2.75, 3.05) is 5.75 Å². The molecule has 0 radical (unpaired) electrons. The van der Waals surface area contributed by atoms with Crippen molar-refractivity contribution in [1.82, 2.24) is 15.5 Å². The van der Waals surface area contributed by atoms with E-state index in [-0.39, 0.29) is 35.6 Å². The lowest BCUT2D eigenvalue weighted by Gasteiger charge is -2.36. The van der Waals surface area contributed by atoms with Crippen LogP contribution in [0.25, 0.3) is 0 Å². The summed E-state index contributed by atoms with van der Waals surface area (Å²) >= 11 is 4.36. The van der Waals surface area contributed by atoms with Crippen LogP contribution in [0.1, 0.15) is 83.5 Å². The molecule has 5 atom stereocenters. The second-order valence-electron chi connectivity index (χ2n) is 10.8. The molecular weight excluding hydrogens is 462 g/mol. The molecule has 3 amide bonds. The Morgan fingerprint density at radius 3 is 2.34 bits per heavy atom. The van der Waals surface area contributed by atoms with E-state index in [0.29, 0.717) is 0 Å². The molecule has 1 aromatic rings. The Morgan fingerprint density at radius 1 is 1.20 bits per heavy atom. The van der Waals surface area contributed by atoms with Crippen molar-refractivity contribution in [2.24, 2.45) is 5.92 Å². The fourth-order valence-electron chi connectivity index (χ4n) is 4.30. The summed E-state index contributed by atoms with van der Waals surface area (Å²) in [7, 11) is 0. The maximum absolute atomic E-state index is 14.0. The fourth-order valence-corrected chi connectivity index (χ4v) is 4.55. The topological polar surface area (TPSA) is 87.7 Å². The number of ether oxygens (including phenoxy) is 1. The SMILES string of the molecule is CCCC(C)NC(=O)C(c1cccc(C)c1C)N(C(=O)C(CS)NC(=O)OC(C)(C)C)C1CC1C. The van der Waals surface area contributed by atoms with E-state index in [1.165, 1.54) is 0 Å². The summed E-state index contributed by atoms with van der Waals surface area (Å²) in [4.78, 5) is 41.9. The molecule has 1 fully saturated rings. The summed E-state index contributed by atoms with van der Waals surface area (Å²) in [5.74, 6) is -0.190. The number of alkyl carbamates (subject to hydrolysis) is 1. The van der Waals surface area contributed by atoms with Crippen LogP contribution in [0.15, 0.2) is 18.2 Å². The molecule has 0 aromatic heterocycles. The Hall–Kier alpha value is -2.22. The van der Waals surface area contributed by atoms with Crippen LogP contribution in [0.3, 0.4) is 0 Å². The highest BCUT2D eigenvalue weighted by Crippen LogP contribution is 2.41. The highest BCUT2D eigenvalue weighted by Gasteiger charge is 2.48. The first kappa shape index (κ1) is 29.0. The Bertz CT molecular complexity index is 914. The third kappa shape index (κ3) is 7.89. The van der Waals surface area contributed by atoms with Crippen molar-refractivity contribution in [2.45, 2.75) is 104 Å². The monoisotopic (exact) mass is 505 g/mol. The summed E-state index contributed by atoms with van der Waals surface area (Å²) in [5, 5.41) is 5.80. The largest absolute Gasteiger partial charge is 0.444 e. The third-order valence-electron chi connectivity index (χ3n) is 6.43. The van der Waals surface area contributed by atoms with Crippen LogP contribution in [-0.2, 0) is 14.3 Å². The van der Waals surface area contributed by atoms with Crippen LogP contribution in [0.5, 0.6) is 0 Å². The maximum atomic E-state index is 14.0. The number of hydrogen-bond acceptors (Lipinski definition) is 5. The van der Waals surface area contributed by atoms with Crippen molar-refractivity contribution >= 4 is 30.5 Å². The van der Waals surface area contributed by atoms with Crippen LogP contribution >= 0.6 is 12.6 Å². The molecule has 196 valence electrons. The van der Waals surface area contributed by atoms with Gasteiger partial charge in [0.2, 0.25) is 11.8 Å². The Morgan fingerprint density at radius 2 is 1.83 bits per heavy atom. The number of nitrogens with zero attached hydrogens (tertiary/aromatic N) is 1. The molecule has 35 heavy (non-hydrogen) atoms. The van der Waals surface area contributed by atoms with Crippen LogP contribution in [0.2, 0.25) is 0 Å². The summed E-state index contributed by atoms with van der Waals surface area (Å²) in [5.41, 5.74) is 2.13. The zero-order valence-corrected chi connectivity index (χ0v) is 23.4. The second-order valence-corrected chi connectivity index (χ2v) is 11.2. The predicted molar refractivity (Wildman–Crippen MR) is 143 cm³/mol. The van der Waals surface area contributed by atoms with E-state index in [1.807, 2.05) is 39.0 Å². The first-order chi connectivity index (χ1) is 16.3. The lowest BCUT2D eigenvalue weighted by molar-refractivity contribution is -0.143. The maximum Gasteiger partial charge on any atom is 0.408 e. The molecule has 1 aromatic carbocycles. The van der Waals surface area contributed by atoms with Gasteiger partial charge in [-0.1, -0.05) is 38.5 Å². The van der Waals surface area contributed by atoms with Gasteiger partial charge in [0, 0.05) is 17.8 Å². The van der Waals surface area contributed by atoms with Gasteiger partial charge < -0.3 is 20.3 Å². The molecule has 1 saturated carbocycles. The van der Waals surface area contributed by atoms with E-state index in [4.69, 9.17) is 4.74 Å². The first-order valence-electron chi connectivity index (χ1n) is 12.6. The van der Waals surface area contributed by atoms with Crippen molar-refractivity contribution in [3.63, 3.8) is 0 Å². The van der Waals surface area contributed by atoms with Gasteiger partial charge in [0.15, 0.2) is 0 Å². The van der Waals surface area contributed by atoms with E-state index in [2.05, 4.69) is 37.1 Å². The molecule has 0 saturated heterocycles. The number of carbonyl (C=O) groups excluding carboxylic acids is 3. The van der Waals surface area contributed by atoms with Gasteiger partial charge in [-0.15, -0.1) is 0 Å². The van der Waals surface area contributed by atoms with E-state index >= 15 is 0 Å². The Labute approximate surface area is 216 Å². The average Bonchev–Trinajstić information content (AvgIpc) is 3.46. The van der Waals surface area contributed by atoms with Crippen molar-refractivity contribution in [3.05, 3.63) is 34.9 Å². The number of nitrogens with one attached hydrogen (secondary N) is 2. The number of carbonyl (C=O) groups is 3. The minimum absolute atomic E-state index is 0.0192. The number of rotatable bonds is 10. The van der Waals surface area contributed by atoms with Gasteiger partial charge in [-0.3, -0.25) is 9.59 Å². The molecule has 2 rings (SSSR count). The lowest BCUT2D eigenvalue weighted by Crippen LogP contribution is -2.55. The summed E-state index contributed by atoms with van der Waals surface area (Å²) < 4.78 is 5.37. The Kier molecular flexibility index (Phi) is 10.1. The van der Waals surface area contributed by atoms with Gasteiger partial charge >= 0.3 is 6.09 Å². The molecule has 7 nitrogen and oxygen atoms in total. The molecule has 5 unspecified atom stereocenters. The highest BCUT2D eigenvalue weighted by atomic mass is 32.1. The van der Waals surface area contributed by atoms with Crippen LogP contribution in [-0.4, -0.2) is 52.3 Å². The van der Waals surface area contributed by atoms with Crippen molar-refractivity contribution < 1.29 is 19.1 Å². The van der Waals surface area contributed by atoms with Gasteiger partial charge in [0.05, 0.1) is 0 Å². The molecule has 0 aliphatic heterocycles. The van der Waals surface area contributed by atoms with Gasteiger partial charge in [-0.2, -0.15) is 12.6 Å². The summed E-state index contributed by atoms with van der Waals surface area (Å²) in [6, 6.07) is 3.99. The molecule has 0 spiro atoms. The molecule has 0 bridgehead atoms. The molecule has 1 aliphatic rings. The van der Waals surface area contributed by atoms with Gasteiger partial charge in [0.1, 0.15) is 17.7 Å². The number of hydrogen-bond donors (Lipinski definition) is 3. The van der Waals surface area contributed by atoms with Crippen LogP contribution in [0, 0.1) is 19.8 Å². The number of thiol groups is 1. The quantitative estimate of drug-likeness (QED) is 0.402. The van der Waals surface area contributed by atoms with Crippen molar-refractivity contribution in [3.8, 4) is 0 Å². The van der Waals surface area contributed by atoms with E-state index in [0.717, 1.165) is 36.0 Å². The number of aryl methyl sites for hydroxylation is 1. The predicted octanol–water partition coefficient (Wildman–Crippen LogP) is 4.71. The molecule has 2 N–H and O–H groups in total. The second kappa shape index (κ2) is 12.2. The highest BCUT2D eigenvalue weighted by molar-refractivity contribution is 7.80. The molecule has 1 aliphatic carbocycles.